The number of nitrogens with zero attached hydrogens (tertiary/aromatic N) is 4. The van der Waals surface area contributed by atoms with Crippen molar-refractivity contribution < 1.29 is 4.79 Å². The third kappa shape index (κ3) is 5.68. The van der Waals surface area contributed by atoms with Crippen LogP contribution in [-0.2, 0) is 11.3 Å². The fourth-order valence-electron chi connectivity index (χ4n) is 3.20. The van der Waals surface area contributed by atoms with E-state index in [1.807, 2.05) is 48.5 Å². The van der Waals surface area contributed by atoms with Crippen molar-refractivity contribution in [3.8, 4) is 0 Å². The minimum Gasteiger partial charge on any atom is -0.325 e. The Morgan fingerprint density at radius 2 is 1.72 bits per heavy atom. The lowest BCUT2D eigenvalue weighted by Gasteiger charge is -2.23. The fraction of sp³-hybridized carbons (Fsp3) is 0.318. The van der Waals surface area contributed by atoms with Gasteiger partial charge in [-0.05, 0) is 38.2 Å². The van der Waals surface area contributed by atoms with Crippen LogP contribution in [0.2, 0.25) is 0 Å². The van der Waals surface area contributed by atoms with E-state index < -0.39 is 0 Å². The maximum absolute atomic E-state index is 12.4. The van der Waals surface area contributed by atoms with E-state index in [0.29, 0.717) is 6.54 Å². The summed E-state index contributed by atoms with van der Waals surface area (Å²) in [5.74, 6) is 1.14. The predicted octanol–water partition coefficient (Wildman–Crippen LogP) is 4.07. The zero-order chi connectivity index (χ0) is 20.6. The molecule has 1 heterocycles. The predicted molar refractivity (Wildman–Crippen MR) is 118 cm³/mol. The average Bonchev–Trinajstić information content (AvgIpc) is 3.10. The second-order valence-electron chi connectivity index (χ2n) is 7.00. The van der Waals surface area contributed by atoms with Gasteiger partial charge in [-0.3, -0.25) is 9.69 Å². The van der Waals surface area contributed by atoms with Gasteiger partial charge in [0.1, 0.15) is 0 Å². The second-order valence-corrected chi connectivity index (χ2v) is 7.95. The summed E-state index contributed by atoms with van der Waals surface area (Å²) in [4.78, 5) is 14.5. The number of rotatable bonds is 9. The van der Waals surface area contributed by atoms with Gasteiger partial charge in [0.25, 0.3) is 0 Å². The van der Waals surface area contributed by atoms with Gasteiger partial charge >= 0.3 is 0 Å². The molecular formula is C22H27N5OS. The number of thioether (sulfide) groups is 1. The highest BCUT2D eigenvalue weighted by Gasteiger charge is 2.22. The van der Waals surface area contributed by atoms with E-state index in [4.69, 9.17) is 0 Å². The van der Waals surface area contributed by atoms with Crippen LogP contribution in [-0.4, -0.2) is 45.4 Å². The molecule has 3 rings (SSSR count). The van der Waals surface area contributed by atoms with Crippen LogP contribution >= 0.6 is 11.8 Å². The standard InChI is InChI=1S/C22H27N5OS/c1-4-19(26(2)3)21-24-25-22(27(21)15-17-11-7-5-8-12-17)29-16-20(28)23-18-13-9-6-10-14-18/h5-14,19H,4,15-16H2,1-3H3,(H,23,28)/t19-/m0/s1. The Kier molecular flexibility index (Phi) is 7.43. The van der Waals surface area contributed by atoms with Crippen LogP contribution in [0.1, 0.15) is 30.8 Å². The molecule has 0 aliphatic rings. The molecule has 3 aromatic rings. The normalized spacial score (nSPS) is 12.1. The van der Waals surface area contributed by atoms with Crippen molar-refractivity contribution in [2.75, 3.05) is 25.2 Å². The SMILES string of the molecule is CC[C@@H](c1nnc(SCC(=O)Nc2ccccc2)n1Cc1ccccc1)N(C)C. The van der Waals surface area contributed by atoms with Gasteiger partial charge in [-0.15, -0.1) is 10.2 Å². The summed E-state index contributed by atoms with van der Waals surface area (Å²) in [6.45, 7) is 2.82. The first kappa shape index (κ1) is 21.1. The first-order chi connectivity index (χ1) is 14.1. The van der Waals surface area contributed by atoms with Crippen LogP contribution in [0.15, 0.2) is 65.8 Å². The Bertz CT molecular complexity index is 911. The van der Waals surface area contributed by atoms with Gasteiger partial charge in [0, 0.05) is 5.69 Å². The van der Waals surface area contributed by atoms with Gasteiger partial charge in [0.15, 0.2) is 11.0 Å². The lowest BCUT2D eigenvalue weighted by molar-refractivity contribution is -0.113. The van der Waals surface area contributed by atoms with E-state index in [1.54, 1.807) is 0 Å². The molecule has 0 aliphatic heterocycles. The minimum atomic E-state index is -0.0586. The number of carbonyl (C=O) groups excluding carboxylic acids is 1. The molecule has 0 saturated carbocycles. The number of nitrogens with one attached hydrogen (secondary N) is 1. The molecule has 2 aromatic carbocycles. The fourth-order valence-corrected chi connectivity index (χ4v) is 3.94. The van der Waals surface area contributed by atoms with Crippen molar-refractivity contribution in [2.45, 2.75) is 31.1 Å². The van der Waals surface area contributed by atoms with Gasteiger partial charge in [-0.1, -0.05) is 67.2 Å². The molecule has 29 heavy (non-hydrogen) atoms. The van der Waals surface area contributed by atoms with E-state index in [9.17, 15) is 4.79 Å². The van der Waals surface area contributed by atoms with Crippen molar-refractivity contribution in [3.63, 3.8) is 0 Å². The molecule has 0 radical (unpaired) electrons. The summed E-state index contributed by atoms with van der Waals surface area (Å²) in [5, 5.41) is 12.6. The van der Waals surface area contributed by atoms with E-state index in [0.717, 1.165) is 23.1 Å². The molecule has 0 fully saturated rings. The summed E-state index contributed by atoms with van der Waals surface area (Å²) in [6, 6.07) is 19.9. The Labute approximate surface area is 176 Å². The highest BCUT2D eigenvalue weighted by molar-refractivity contribution is 7.99. The molecule has 0 spiro atoms. The number of benzene rings is 2. The molecule has 1 atom stereocenters. The number of hydrogen-bond donors (Lipinski definition) is 1. The number of para-hydroxylation sites is 1. The molecule has 152 valence electrons. The smallest absolute Gasteiger partial charge is 0.234 e. The average molecular weight is 410 g/mol. The second kappa shape index (κ2) is 10.2. The van der Waals surface area contributed by atoms with E-state index in [2.05, 4.69) is 58.1 Å². The third-order valence-electron chi connectivity index (χ3n) is 4.63. The lowest BCUT2D eigenvalue weighted by Crippen LogP contribution is -2.23. The Hall–Kier alpha value is -2.64. The lowest BCUT2D eigenvalue weighted by atomic mass is 10.2. The highest BCUT2D eigenvalue weighted by Crippen LogP contribution is 2.26. The minimum absolute atomic E-state index is 0.0586. The van der Waals surface area contributed by atoms with Crippen LogP contribution in [0.4, 0.5) is 5.69 Å². The van der Waals surface area contributed by atoms with Crippen LogP contribution in [0.25, 0.3) is 0 Å². The molecule has 0 bridgehead atoms. The molecule has 1 N–H and O–H groups in total. The molecule has 6 nitrogen and oxygen atoms in total. The Morgan fingerprint density at radius 3 is 2.34 bits per heavy atom. The molecule has 7 heteroatoms. The van der Waals surface area contributed by atoms with Crippen LogP contribution < -0.4 is 5.32 Å². The number of anilines is 1. The zero-order valence-corrected chi connectivity index (χ0v) is 17.9. The van der Waals surface area contributed by atoms with E-state index in [1.165, 1.54) is 17.3 Å². The maximum atomic E-state index is 12.4. The molecule has 1 aromatic heterocycles. The monoisotopic (exact) mass is 409 g/mol. The first-order valence-corrected chi connectivity index (χ1v) is 10.7. The summed E-state index contributed by atoms with van der Waals surface area (Å²) < 4.78 is 2.13. The van der Waals surface area contributed by atoms with Crippen LogP contribution in [0.5, 0.6) is 0 Å². The van der Waals surface area contributed by atoms with Crippen molar-refractivity contribution in [3.05, 3.63) is 72.1 Å². The van der Waals surface area contributed by atoms with Crippen molar-refractivity contribution >= 4 is 23.4 Å². The Morgan fingerprint density at radius 1 is 1.07 bits per heavy atom. The van der Waals surface area contributed by atoms with Crippen LogP contribution in [0.3, 0.4) is 0 Å². The first-order valence-electron chi connectivity index (χ1n) is 9.69. The molecule has 1 amide bonds. The number of hydrogen-bond acceptors (Lipinski definition) is 5. The zero-order valence-electron chi connectivity index (χ0n) is 17.1. The van der Waals surface area contributed by atoms with Gasteiger partial charge < -0.3 is 9.88 Å². The van der Waals surface area contributed by atoms with Crippen LogP contribution in [0, 0.1) is 0 Å². The molecule has 0 aliphatic carbocycles. The van der Waals surface area contributed by atoms with E-state index in [-0.39, 0.29) is 17.7 Å². The van der Waals surface area contributed by atoms with E-state index >= 15 is 0 Å². The van der Waals surface area contributed by atoms with Crippen molar-refractivity contribution in [1.82, 2.24) is 19.7 Å². The van der Waals surface area contributed by atoms with Crippen molar-refractivity contribution in [1.29, 1.82) is 0 Å². The van der Waals surface area contributed by atoms with Crippen molar-refractivity contribution in [2.24, 2.45) is 0 Å². The maximum Gasteiger partial charge on any atom is 0.234 e. The molecule has 0 unspecified atom stereocenters. The largest absolute Gasteiger partial charge is 0.325 e. The number of amides is 1. The Balaban J connectivity index is 1.78. The summed E-state index contributed by atoms with van der Waals surface area (Å²) in [6.07, 6.45) is 0.930. The van der Waals surface area contributed by atoms with Gasteiger partial charge in [-0.25, -0.2) is 0 Å². The number of carbonyl (C=O) groups is 1. The summed E-state index contributed by atoms with van der Waals surface area (Å²) in [5.41, 5.74) is 1.97. The number of aromatic nitrogens is 3. The van der Waals surface area contributed by atoms with Gasteiger partial charge in [0.05, 0.1) is 18.3 Å². The highest BCUT2D eigenvalue weighted by atomic mass is 32.2. The molecular weight excluding hydrogens is 382 g/mol. The third-order valence-corrected chi connectivity index (χ3v) is 5.59. The topological polar surface area (TPSA) is 63.1 Å². The van der Waals surface area contributed by atoms with Gasteiger partial charge in [0.2, 0.25) is 5.91 Å². The molecule has 0 saturated heterocycles. The summed E-state index contributed by atoms with van der Waals surface area (Å²) in [7, 11) is 4.10. The van der Waals surface area contributed by atoms with Gasteiger partial charge in [-0.2, -0.15) is 0 Å². The quantitative estimate of drug-likeness (QED) is 0.540. The summed E-state index contributed by atoms with van der Waals surface area (Å²) >= 11 is 1.41.